The van der Waals surface area contributed by atoms with Crippen LogP contribution in [-0.2, 0) is 14.8 Å². The van der Waals surface area contributed by atoms with Gasteiger partial charge in [0.05, 0.1) is 5.52 Å². The second-order valence-electron chi connectivity index (χ2n) is 5.29. The molecule has 21 heavy (non-hydrogen) atoms. The first-order valence-corrected chi connectivity index (χ1v) is 8.28. The molecular weight excluding hydrogens is 288 g/mol. The van der Waals surface area contributed by atoms with Crippen molar-refractivity contribution in [2.45, 2.75) is 31.6 Å². The van der Waals surface area contributed by atoms with Crippen LogP contribution in [0.2, 0.25) is 0 Å². The topological polar surface area (TPSA) is 76.1 Å². The van der Waals surface area contributed by atoms with Crippen LogP contribution in [0.15, 0.2) is 41.4 Å². The Morgan fingerprint density at radius 3 is 2.67 bits per heavy atom. The van der Waals surface area contributed by atoms with Gasteiger partial charge in [-0.3, -0.25) is 9.78 Å². The highest BCUT2D eigenvalue weighted by atomic mass is 32.2. The van der Waals surface area contributed by atoms with Gasteiger partial charge >= 0.3 is 0 Å². The molecule has 6 heteroatoms. The van der Waals surface area contributed by atoms with Gasteiger partial charge in [-0.25, -0.2) is 13.1 Å². The molecule has 112 valence electrons. The van der Waals surface area contributed by atoms with Gasteiger partial charge in [0.1, 0.15) is 4.90 Å². The fraction of sp³-hybridized carbons (Fsp3) is 0.333. The van der Waals surface area contributed by atoms with Crippen molar-refractivity contribution in [3.63, 3.8) is 0 Å². The number of benzene rings is 1. The number of sulfonamides is 1. The summed E-state index contributed by atoms with van der Waals surface area (Å²) in [6.45, 7) is 3.97. The highest BCUT2D eigenvalue weighted by Crippen LogP contribution is 2.20. The van der Waals surface area contributed by atoms with Gasteiger partial charge in [-0.2, -0.15) is 0 Å². The van der Waals surface area contributed by atoms with E-state index in [1.807, 2.05) is 13.8 Å². The van der Waals surface area contributed by atoms with Crippen molar-refractivity contribution in [2.24, 2.45) is 5.92 Å². The standard InChI is InChI=1S/C15H18N2O3S/c1-11(2)8-9-14(18)17-21(19,20)13-7-3-5-12-6-4-10-16-15(12)13/h3-7,10-11H,8-9H2,1-2H3,(H,17,18). The Morgan fingerprint density at radius 2 is 1.95 bits per heavy atom. The van der Waals surface area contributed by atoms with E-state index < -0.39 is 15.9 Å². The van der Waals surface area contributed by atoms with Crippen LogP contribution in [0.25, 0.3) is 10.9 Å². The molecule has 0 atom stereocenters. The molecule has 0 unspecified atom stereocenters. The van der Waals surface area contributed by atoms with E-state index in [-0.39, 0.29) is 11.3 Å². The lowest BCUT2D eigenvalue weighted by Crippen LogP contribution is -2.30. The normalized spacial score (nSPS) is 11.8. The van der Waals surface area contributed by atoms with Crippen LogP contribution < -0.4 is 4.72 Å². The number of amides is 1. The van der Waals surface area contributed by atoms with E-state index in [2.05, 4.69) is 9.71 Å². The summed E-state index contributed by atoms with van der Waals surface area (Å²) in [5.41, 5.74) is 0.365. The third-order valence-electron chi connectivity index (χ3n) is 3.08. The molecule has 1 amide bonds. The molecular formula is C15H18N2O3S. The number of hydrogen-bond donors (Lipinski definition) is 1. The summed E-state index contributed by atoms with van der Waals surface area (Å²) in [7, 11) is -3.90. The van der Waals surface area contributed by atoms with Gasteiger partial charge in [0.15, 0.2) is 0 Å². The molecule has 5 nitrogen and oxygen atoms in total. The zero-order chi connectivity index (χ0) is 15.5. The maximum atomic E-state index is 12.3. The Bertz CT molecular complexity index is 749. The highest BCUT2D eigenvalue weighted by molar-refractivity contribution is 7.90. The van der Waals surface area contributed by atoms with E-state index in [1.54, 1.807) is 24.3 Å². The number of carbonyl (C=O) groups is 1. The number of pyridine rings is 1. The van der Waals surface area contributed by atoms with Crippen LogP contribution in [-0.4, -0.2) is 19.3 Å². The number of nitrogens with one attached hydrogen (secondary N) is 1. The second kappa shape index (κ2) is 6.22. The molecule has 1 heterocycles. The zero-order valence-corrected chi connectivity index (χ0v) is 12.9. The molecule has 2 rings (SSSR count). The van der Waals surface area contributed by atoms with Crippen molar-refractivity contribution >= 4 is 26.8 Å². The third-order valence-corrected chi connectivity index (χ3v) is 4.49. The second-order valence-corrected chi connectivity index (χ2v) is 6.94. The minimum atomic E-state index is -3.90. The molecule has 0 aliphatic rings. The fourth-order valence-electron chi connectivity index (χ4n) is 1.97. The minimum absolute atomic E-state index is 0.0264. The SMILES string of the molecule is CC(C)CCC(=O)NS(=O)(=O)c1cccc2cccnc12. The van der Waals surface area contributed by atoms with Gasteiger partial charge in [0.25, 0.3) is 10.0 Å². The first-order chi connectivity index (χ1) is 9.90. The van der Waals surface area contributed by atoms with E-state index in [4.69, 9.17) is 0 Å². The van der Waals surface area contributed by atoms with Crippen LogP contribution >= 0.6 is 0 Å². The average Bonchev–Trinajstić information content (AvgIpc) is 2.44. The molecule has 0 aliphatic carbocycles. The summed E-state index contributed by atoms with van der Waals surface area (Å²) < 4.78 is 26.8. The molecule has 0 fully saturated rings. The van der Waals surface area contributed by atoms with Gasteiger partial charge in [-0.1, -0.05) is 32.0 Å². The molecule has 0 radical (unpaired) electrons. The number of hydrogen-bond acceptors (Lipinski definition) is 4. The van der Waals surface area contributed by atoms with E-state index in [1.165, 1.54) is 12.3 Å². The van der Waals surface area contributed by atoms with Crippen molar-refractivity contribution in [1.82, 2.24) is 9.71 Å². The van der Waals surface area contributed by atoms with E-state index in [0.717, 1.165) is 5.39 Å². The molecule has 1 aromatic heterocycles. The van der Waals surface area contributed by atoms with Crippen molar-refractivity contribution in [2.75, 3.05) is 0 Å². The Labute approximate surface area is 124 Å². The Hall–Kier alpha value is -1.95. The number of para-hydroxylation sites is 1. The predicted molar refractivity (Wildman–Crippen MR) is 81.1 cm³/mol. The summed E-state index contributed by atoms with van der Waals surface area (Å²) in [4.78, 5) is 15.9. The number of rotatable bonds is 5. The summed E-state index contributed by atoms with van der Waals surface area (Å²) in [5, 5.41) is 0.718. The molecule has 1 N–H and O–H groups in total. The van der Waals surface area contributed by atoms with E-state index in [0.29, 0.717) is 17.9 Å². The van der Waals surface area contributed by atoms with Crippen LogP contribution in [0.5, 0.6) is 0 Å². The Balaban J connectivity index is 2.28. The van der Waals surface area contributed by atoms with Crippen molar-refractivity contribution in [3.8, 4) is 0 Å². The first kappa shape index (κ1) is 15.4. The molecule has 0 saturated heterocycles. The van der Waals surface area contributed by atoms with Gasteiger partial charge < -0.3 is 0 Å². The first-order valence-electron chi connectivity index (χ1n) is 6.79. The predicted octanol–water partition coefficient (Wildman–Crippen LogP) is 2.48. The van der Waals surface area contributed by atoms with Crippen molar-refractivity contribution in [1.29, 1.82) is 0 Å². The summed E-state index contributed by atoms with van der Waals surface area (Å²) in [5.74, 6) is -0.144. The molecule has 0 saturated carbocycles. The molecule has 0 bridgehead atoms. The van der Waals surface area contributed by atoms with Crippen molar-refractivity contribution < 1.29 is 13.2 Å². The van der Waals surface area contributed by atoms with Crippen LogP contribution in [0, 0.1) is 5.92 Å². The van der Waals surface area contributed by atoms with E-state index >= 15 is 0 Å². The lowest BCUT2D eigenvalue weighted by Gasteiger charge is -2.09. The minimum Gasteiger partial charge on any atom is -0.274 e. The lowest BCUT2D eigenvalue weighted by molar-refractivity contribution is -0.119. The number of aromatic nitrogens is 1. The van der Waals surface area contributed by atoms with Gasteiger partial charge in [0.2, 0.25) is 5.91 Å². The Morgan fingerprint density at radius 1 is 1.24 bits per heavy atom. The van der Waals surface area contributed by atoms with Gasteiger partial charge in [-0.05, 0) is 24.5 Å². The maximum absolute atomic E-state index is 12.3. The number of carbonyl (C=O) groups excluding carboxylic acids is 1. The smallest absolute Gasteiger partial charge is 0.266 e. The summed E-state index contributed by atoms with van der Waals surface area (Å²) >= 11 is 0. The molecule has 2 aromatic rings. The third kappa shape index (κ3) is 3.78. The van der Waals surface area contributed by atoms with Crippen LogP contribution in [0.1, 0.15) is 26.7 Å². The number of nitrogens with zero attached hydrogens (tertiary/aromatic N) is 1. The van der Waals surface area contributed by atoms with E-state index in [9.17, 15) is 13.2 Å². The van der Waals surface area contributed by atoms with Gasteiger partial charge in [-0.15, -0.1) is 0 Å². The van der Waals surface area contributed by atoms with Gasteiger partial charge in [0, 0.05) is 18.0 Å². The van der Waals surface area contributed by atoms with Crippen LogP contribution in [0.3, 0.4) is 0 Å². The molecule has 0 spiro atoms. The molecule has 0 aliphatic heterocycles. The Kier molecular flexibility index (Phi) is 4.57. The van der Waals surface area contributed by atoms with Crippen molar-refractivity contribution in [3.05, 3.63) is 36.5 Å². The van der Waals surface area contributed by atoms with Crippen LogP contribution in [0.4, 0.5) is 0 Å². The maximum Gasteiger partial charge on any atom is 0.266 e. The lowest BCUT2D eigenvalue weighted by atomic mass is 10.1. The largest absolute Gasteiger partial charge is 0.274 e. The summed E-state index contributed by atoms with van der Waals surface area (Å²) in [6.07, 6.45) is 2.37. The summed E-state index contributed by atoms with van der Waals surface area (Å²) in [6, 6.07) is 8.38. The quantitative estimate of drug-likeness (QED) is 0.920. The molecule has 1 aromatic carbocycles. The highest BCUT2D eigenvalue weighted by Gasteiger charge is 2.20. The fourth-order valence-corrected chi connectivity index (χ4v) is 3.16. The zero-order valence-electron chi connectivity index (χ0n) is 12.0. The number of fused-ring (bicyclic) bond motifs is 1. The monoisotopic (exact) mass is 306 g/mol. The average molecular weight is 306 g/mol.